The van der Waals surface area contributed by atoms with Crippen molar-refractivity contribution in [2.45, 2.75) is 13.2 Å². The molecule has 0 aliphatic heterocycles. The maximum Gasteiger partial charge on any atom is 0.170 e. The van der Waals surface area contributed by atoms with Gasteiger partial charge in [0.05, 0.1) is 19.7 Å². The van der Waals surface area contributed by atoms with Crippen LogP contribution in [0.25, 0.3) is 0 Å². The van der Waals surface area contributed by atoms with Crippen molar-refractivity contribution in [1.29, 1.82) is 0 Å². The molecule has 0 saturated heterocycles. The standard InChI is InChI=1S/C16H18ClNO2/c1-18-10-12-7-5-9-15(19-2)16(12)20-11-13-6-3-4-8-14(13)17/h3-9,18H,10-11H2,1-2H3/p+1. The Kier molecular flexibility index (Phi) is 5.27. The van der Waals surface area contributed by atoms with Gasteiger partial charge in [0.1, 0.15) is 13.2 Å². The largest absolute Gasteiger partial charge is 0.493 e. The zero-order valence-electron chi connectivity index (χ0n) is 11.7. The first-order valence-electron chi connectivity index (χ1n) is 6.56. The zero-order chi connectivity index (χ0) is 14.4. The van der Waals surface area contributed by atoms with Crippen molar-refractivity contribution < 1.29 is 14.8 Å². The molecule has 0 unspecified atom stereocenters. The van der Waals surface area contributed by atoms with Crippen LogP contribution in [-0.2, 0) is 13.2 Å². The first kappa shape index (κ1) is 14.7. The minimum atomic E-state index is 0.427. The van der Waals surface area contributed by atoms with Crippen molar-refractivity contribution in [3.63, 3.8) is 0 Å². The van der Waals surface area contributed by atoms with E-state index in [1.165, 1.54) is 0 Å². The molecule has 0 spiro atoms. The number of ether oxygens (including phenoxy) is 2. The second-order valence-corrected chi connectivity index (χ2v) is 4.85. The van der Waals surface area contributed by atoms with Gasteiger partial charge in [-0.3, -0.25) is 0 Å². The van der Waals surface area contributed by atoms with E-state index in [-0.39, 0.29) is 0 Å². The fourth-order valence-electron chi connectivity index (χ4n) is 2.03. The molecule has 0 aliphatic rings. The van der Waals surface area contributed by atoms with Crippen molar-refractivity contribution in [3.8, 4) is 11.5 Å². The Morgan fingerprint density at radius 1 is 1.05 bits per heavy atom. The summed E-state index contributed by atoms with van der Waals surface area (Å²) in [5.74, 6) is 1.53. The number of benzene rings is 2. The molecule has 2 rings (SSSR count). The van der Waals surface area contributed by atoms with Gasteiger partial charge in [-0.1, -0.05) is 35.9 Å². The van der Waals surface area contributed by atoms with Gasteiger partial charge in [-0.2, -0.15) is 0 Å². The molecule has 4 heteroatoms. The van der Waals surface area contributed by atoms with Crippen LogP contribution in [0.5, 0.6) is 11.5 Å². The van der Waals surface area contributed by atoms with Gasteiger partial charge in [-0.25, -0.2) is 0 Å². The lowest BCUT2D eigenvalue weighted by Crippen LogP contribution is -2.77. The fourth-order valence-corrected chi connectivity index (χ4v) is 2.22. The Morgan fingerprint density at radius 2 is 1.80 bits per heavy atom. The third-order valence-corrected chi connectivity index (χ3v) is 3.40. The Morgan fingerprint density at radius 3 is 2.50 bits per heavy atom. The van der Waals surface area contributed by atoms with Gasteiger partial charge in [-0.05, 0) is 18.2 Å². The average molecular weight is 293 g/mol. The van der Waals surface area contributed by atoms with Gasteiger partial charge < -0.3 is 14.8 Å². The molecule has 2 N–H and O–H groups in total. The minimum absolute atomic E-state index is 0.427. The third kappa shape index (κ3) is 3.44. The van der Waals surface area contributed by atoms with Gasteiger partial charge in [-0.15, -0.1) is 0 Å². The summed E-state index contributed by atoms with van der Waals surface area (Å²) >= 11 is 6.15. The molecular weight excluding hydrogens is 274 g/mol. The van der Waals surface area contributed by atoms with E-state index in [2.05, 4.69) is 5.32 Å². The molecular formula is C16H19ClNO2+. The quantitative estimate of drug-likeness (QED) is 0.888. The number of hydrogen-bond donors (Lipinski definition) is 1. The number of hydrogen-bond acceptors (Lipinski definition) is 2. The van der Waals surface area contributed by atoms with Crippen LogP contribution in [0.3, 0.4) is 0 Å². The first-order chi connectivity index (χ1) is 9.76. The molecule has 0 aliphatic carbocycles. The highest BCUT2D eigenvalue weighted by atomic mass is 35.5. The number of nitrogens with two attached hydrogens (primary N) is 1. The van der Waals surface area contributed by atoms with E-state index in [4.69, 9.17) is 21.1 Å². The number of methoxy groups -OCH3 is 1. The topological polar surface area (TPSA) is 35.1 Å². The number of rotatable bonds is 6. The van der Waals surface area contributed by atoms with Crippen LogP contribution in [-0.4, -0.2) is 14.2 Å². The molecule has 0 fully saturated rings. The first-order valence-corrected chi connectivity index (χ1v) is 6.94. The summed E-state index contributed by atoms with van der Waals surface area (Å²) < 4.78 is 11.3. The van der Waals surface area contributed by atoms with Crippen molar-refractivity contribution in [1.82, 2.24) is 0 Å². The lowest BCUT2D eigenvalue weighted by molar-refractivity contribution is -0.643. The van der Waals surface area contributed by atoms with Gasteiger partial charge in [0.25, 0.3) is 0 Å². The Bertz CT molecular complexity index is 572. The van der Waals surface area contributed by atoms with Crippen LogP contribution in [0, 0.1) is 0 Å². The van der Waals surface area contributed by atoms with Crippen LogP contribution in [0.15, 0.2) is 42.5 Å². The molecule has 2 aromatic carbocycles. The monoisotopic (exact) mass is 292 g/mol. The molecule has 0 bridgehead atoms. The number of quaternary nitrogens is 1. The zero-order valence-corrected chi connectivity index (χ0v) is 12.5. The molecule has 20 heavy (non-hydrogen) atoms. The highest BCUT2D eigenvalue weighted by molar-refractivity contribution is 6.31. The lowest BCUT2D eigenvalue weighted by atomic mass is 10.1. The molecule has 0 aromatic heterocycles. The van der Waals surface area contributed by atoms with Crippen molar-refractivity contribution in [2.75, 3.05) is 14.2 Å². The van der Waals surface area contributed by atoms with Crippen LogP contribution in [0.4, 0.5) is 0 Å². The molecule has 3 nitrogen and oxygen atoms in total. The predicted molar refractivity (Wildman–Crippen MR) is 80.3 cm³/mol. The van der Waals surface area contributed by atoms with E-state index >= 15 is 0 Å². The number of para-hydroxylation sites is 1. The highest BCUT2D eigenvalue weighted by Gasteiger charge is 2.12. The Hall–Kier alpha value is -1.71. The molecule has 2 aromatic rings. The molecule has 0 amide bonds. The van der Waals surface area contributed by atoms with Gasteiger partial charge in [0.15, 0.2) is 11.5 Å². The van der Waals surface area contributed by atoms with Crippen LogP contribution in [0.2, 0.25) is 5.02 Å². The summed E-state index contributed by atoms with van der Waals surface area (Å²) in [6, 6.07) is 13.6. The molecule has 106 valence electrons. The van der Waals surface area contributed by atoms with Gasteiger partial charge in [0, 0.05) is 10.6 Å². The van der Waals surface area contributed by atoms with Crippen molar-refractivity contribution in [3.05, 3.63) is 58.6 Å². The fraction of sp³-hybridized carbons (Fsp3) is 0.250. The van der Waals surface area contributed by atoms with Gasteiger partial charge in [0.2, 0.25) is 0 Å². The lowest BCUT2D eigenvalue weighted by Gasteiger charge is -2.14. The van der Waals surface area contributed by atoms with E-state index in [0.717, 1.165) is 29.2 Å². The summed E-state index contributed by atoms with van der Waals surface area (Å²) in [4.78, 5) is 0. The van der Waals surface area contributed by atoms with Crippen LogP contribution in [0.1, 0.15) is 11.1 Å². The maximum absolute atomic E-state index is 6.15. The smallest absolute Gasteiger partial charge is 0.170 e. The second-order valence-electron chi connectivity index (χ2n) is 4.44. The molecule has 0 atom stereocenters. The van der Waals surface area contributed by atoms with E-state index in [1.807, 2.05) is 49.5 Å². The predicted octanol–water partition coefficient (Wildman–Crippen LogP) is 2.62. The second kappa shape index (κ2) is 7.17. The molecule has 0 radical (unpaired) electrons. The summed E-state index contributed by atoms with van der Waals surface area (Å²) in [5.41, 5.74) is 2.07. The van der Waals surface area contributed by atoms with E-state index < -0.39 is 0 Å². The van der Waals surface area contributed by atoms with Crippen molar-refractivity contribution >= 4 is 11.6 Å². The van der Waals surface area contributed by atoms with E-state index in [9.17, 15) is 0 Å². The normalized spacial score (nSPS) is 10.3. The number of halogens is 1. The van der Waals surface area contributed by atoms with Crippen molar-refractivity contribution in [2.24, 2.45) is 0 Å². The summed E-state index contributed by atoms with van der Waals surface area (Å²) in [5, 5.41) is 2.81. The molecule has 0 saturated carbocycles. The SMILES string of the molecule is C[NH2+]Cc1cccc(OC)c1OCc1ccccc1Cl. The van der Waals surface area contributed by atoms with Crippen LogP contribution < -0.4 is 14.8 Å². The average Bonchev–Trinajstić information content (AvgIpc) is 2.47. The van der Waals surface area contributed by atoms with Gasteiger partial charge >= 0.3 is 0 Å². The Labute approximate surface area is 124 Å². The highest BCUT2D eigenvalue weighted by Crippen LogP contribution is 2.31. The van der Waals surface area contributed by atoms with E-state index in [0.29, 0.717) is 11.6 Å². The summed E-state index contributed by atoms with van der Waals surface area (Å²) in [7, 11) is 3.68. The third-order valence-electron chi connectivity index (χ3n) is 3.03. The Balaban J connectivity index is 2.21. The van der Waals surface area contributed by atoms with E-state index in [1.54, 1.807) is 7.11 Å². The molecule has 0 heterocycles. The summed E-state index contributed by atoms with van der Waals surface area (Å²) in [6.45, 7) is 1.27. The van der Waals surface area contributed by atoms with Crippen LogP contribution >= 0.6 is 11.6 Å². The minimum Gasteiger partial charge on any atom is -0.493 e. The summed E-state index contributed by atoms with van der Waals surface area (Å²) in [6.07, 6.45) is 0. The maximum atomic E-state index is 6.15.